The van der Waals surface area contributed by atoms with E-state index in [1.54, 1.807) is 7.11 Å². The Bertz CT molecular complexity index is 621. The highest BCUT2D eigenvalue weighted by Gasteiger charge is 2.37. The number of rotatable bonds is 5. The zero-order chi connectivity index (χ0) is 14.8. The average molecular weight is 281 g/mol. The summed E-state index contributed by atoms with van der Waals surface area (Å²) >= 11 is 0. The quantitative estimate of drug-likeness (QED) is 0.895. The van der Waals surface area contributed by atoms with Gasteiger partial charge in [0, 0.05) is 18.5 Å². The van der Waals surface area contributed by atoms with Crippen molar-refractivity contribution in [1.29, 1.82) is 0 Å². The van der Waals surface area contributed by atoms with Gasteiger partial charge in [0.2, 0.25) is 0 Å². The lowest BCUT2D eigenvalue weighted by molar-refractivity contribution is 0.411. The molecule has 1 aliphatic rings. The second-order valence-electron chi connectivity index (χ2n) is 5.92. The van der Waals surface area contributed by atoms with Gasteiger partial charge < -0.3 is 10.1 Å². The van der Waals surface area contributed by atoms with Crippen LogP contribution < -0.4 is 10.1 Å². The summed E-state index contributed by atoms with van der Waals surface area (Å²) in [6.07, 6.45) is 1.25. The van der Waals surface area contributed by atoms with Crippen LogP contribution in [-0.4, -0.2) is 13.2 Å². The molecule has 110 valence electrons. The summed E-state index contributed by atoms with van der Waals surface area (Å²) < 4.78 is 5.37. The molecule has 0 spiro atoms. The highest BCUT2D eigenvalue weighted by Crippen LogP contribution is 2.40. The second-order valence-corrected chi connectivity index (χ2v) is 5.92. The van der Waals surface area contributed by atoms with Gasteiger partial charge >= 0.3 is 0 Å². The van der Waals surface area contributed by atoms with Gasteiger partial charge in [-0.05, 0) is 48.6 Å². The first-order valence-electron chi connectivity index (χ1n) is 7.62. The van der Waals surface area contributed by atoms with E-state index in [2.05, 4.69) is 61.6 Å². The van der Waals surface area contributed by atoms with Gasteiger partial charge in [0.25, 0.3) is 0 Å². The molecule has 2 aromatic carbocycles. The minimum absolute atomic E-state index is 0.620. The van der Waals surface area contributed by atoms with Crippen LogP contribution in [0.1, 0.15) is 34.6 Å². The normalized spacial score (nSPS) is 20.3. The Kier molecular flexibility index (Phi) is 3.98. The molecule has 0 aliphatic heterocycles. The molecule has 1 fully saturated rings. The summed E-state index contributed by atoms with van der Waals surface area (Å²) in [5.41, 5.74) is 5.40. The van der Waals surface area contributed by atoms with Crippen LogP contribution in [0.2, 0.25) is 0 Å². The second kappa shape index (κ2) is 5.90. The molecular formula is C19H23NO. The predicted octanol–water partition coefficient (Wildman–Crippen LogP) is 3.96. The van der Waals surface area contributed by atoms with Crippen molar-refractivity contribution in [1.82, 2.24) is 5.32 Å². The molecule has 0 saturated heterocycles. The van der Waals surface area contributed by atoms with Gasteiger partial charge in [-0.15, -0.1) is 0 Å². The van der Waals surface area contributed by atoms with E-state index < -0.39 is 0 Å². The van der Waals surface area contributed by atoms with Crippen molar-refractivity contribution >= 4 is 0 Å². The molecule has 2 nitrogen and oxygen atoms in total. The fraction of sp³-hybridized carbons (Fsp3) is 0.368. The van der Waals surface area contributed by atoms with E-state index in [0.717, 1.165) is 12.3 Å². The molecule has 0 aromatic heterocycles. The fourth-order valence-corrected chi connectivity index (χ4v) is 2.99. The van der Waals surface area contributed by atoms with Crippen molar-refractivity contribution in [2.75, 3.05) is 7.11 Å². The maximum atomic E-state index is 5.37. The number of nitrogens with one attached hydrogen (secondary N) is 1. The van der Waals surface area contributed by atoms with Crippen molar-refractivity contribution in [2.45, 2.75) is 38.8 Å². The Balaban J connectivity index is 1.61. The molecule has 0 amide bonds. The van der Waals surface area contributed by atoms with Gasteiger partial charge in [-0.3, -0.25) is 0 Å². The first-order chi connectivity index (χ1) is 10.2. The molecule has 1 aliphatic carbocycles. The molecule has 0 bridgehead atoms. The van der Waals surface area contributed by atoms with Crippen molar-refractivity contribution in [3.05, 3.63) is 64.7 Å². The third-order valence-corrected chi connectivity index (χ3v) is 4.64. The zero-order valence-corrected chi connectivity index (χ0v) is 13.0. The zero-order valence-electron chi connectivity index (χ0n) is 13.0. The largest absolute Gasteiger partial charge is 0.496 e. The molecule has 2 atom stereocenters. The molecule has 2 heteroatoms. The number of benzene rings is 2. The van der Waals surface area contributed by atoms with Crippen LogP contribution in [0, 0.1) is 13.8 Å². The summed E-state index contributed by atoms with van der Waals surface area (Å²) in [6, 6.07) is 15.7. The summed E-state index contributed by atoms with van der Waals surface area (Å²) in [5, 5.41) is 3.69. The Labute approximate surface area is 127 Å². The first-order valence-corrected chi connectivity index (χ1v) is 7.62. The standard InChI is InChI=1S/C19H23NO/c1-13-14(2)19(21-3)10-9-16(13)12-20-18-11-17(18)15-7-5-4-6-8-15/h4-10,17-18,20H,11-12H2,1-3H3. The van der Waals surface area contributed by atoms with E-state index in [1.807, 2.05) is 0 Å². The monoisotopic (exact) mass is 281 g/mol. The molecule has 1 N–H and O–H groups in total. The molecule has 3 rings (SSSR count). The van der Waals surface area contributed by atoms with Crippen molar-refractivity contribution in [3.63, 3.8) is 0 Å². The van der Waals surface area contributed by atoms with Crippen LogP contribution in [0.5, 0.6) is 5.75 Å². The minimum Gasteiger partial charge on any atom is -0.496 e. The van der Waals surface area contributed by atoms with E-state index in [1.165, 1.54) is 28.7 Å². The number of hydrogen-bond acceptors (Lipinski definition) is 2. The van der Waals surface area contributed by atoms with Gasteiger partial charge in [-0.25, -0.2) is 0 Å². The van der Waals surface area contributed by atoms with Crippen LogP contribution in [-0.2, 0) is 6.54 Å². The van der Waals surface area contributed by atoms with Crippen molar-refractivity contribution in [3.8, 4) is 5.75 Å². The molecule has 2 aromatic rings. The molecule has 2 unspecified atom stereocenters. The van der Waals surface area contributed by atoms with Gasteiger partial charge in [0.15, 0.2) is 0 Å². The summed E-state index contributed by atoms with van der Waals surface area (Å²) in [7, 11) is 1.73. The molecule has 0 heterocycles. The first kappa shape index (κ1) is 14.2. The Hall–Kier alpha value is -1.80. The highest BCUT2D eigenvalue weighted by atomic mass is 16.5. The summed E-state index contributed by atoms with van der Waals surface area (Å²) in [4.78, 5) is 0. The van der Waals surface area contributed by atoms with Crippen LogP contribution in [0.15, 0.2) is 42.5 Å². The predicted molar refractivity (Wildman–Crippen MR) is 86.9 cm³/mol. The number of methoxy groups -OCH3 is 1. The lowest BCUT2D eigenvalue weighted by Crippen LogP contribution is -2.18. The third-order valence-electron chi connectivity index (χ3n) is 4.64. The van der Waals surface area contributed by atoms with E-state index in [9.17, 15) is 0 Å². The van der Waals surface area contributed by atoms with Gasteiger partial charge in [-0.1, -0.05) is 36.4 Å². The summed E-state index contributed by atoms with van der Waals surface area (Å²) in [5.74, 6) is 1.66. The van der Waals surface area contributed by atoms with E-state index in [4.69, 9.17) is 4.74 Å². The minimum atomic E-state index is 0.620. The smallest absolute Gasteiger partial charge is 0.122 e. The Morgan fingerprint density at radius 1 is 1.05 bits per heavy atom. The maximum absolute atomic E-state index is 5.37. The highest BCUT2D eigenvalue weighted by molar-refractivity contribution is 5.43. The fourth-order valence-electron chi connectivity index (χ4n) is 2.99. The molecule has 0 radical (unpaired) electrons. The van der Waals surface area contributed by atoms with Gasteiger partial charge in [0.05, 0.1) is 7.11 Å². The summed E-state index contributed by atoms with van der Waals surface area (Å²) in [6.45, 7) is 5.24. The van der Waals surface area contributed by atoms with Gasteiger partial charge in [-0.2, -0.15) is 0 Å². The topological polar surface area (TPSA) is 21.3 Å². The molecule has 21 heavy (non-hydrogen) atoms. The van der Waals surface area contributed by atoms with Crippen molar-refractivity contribution < 1.29 is 4.74 Å². The van der Waals surface area contributed by atoms with Crippen molar-refractivity contribution in [2.24, 2.45) is 0 Å². The Morgan fingerprint density at radius 3 is 2.52 bits per heavy atom. The van der Waals surface area contributed by atoms with Crippen LogP contribution >= 0.6 is 0 Å². The van der Waals surface area contributed by atoms with E-state index in [-0.39, 0.29) is 0 Å². The third kappa shape index (κ3) is 2.96. The Morgan fingerprint density at radius 2 is 1.81 bits per heavy atom. The average Bonchev–Trinajstić information content (AvgIpc) is 3.29. The molecule has 1 saturated carbocycles. The van der Waals surface area contributed by atoms with Crippen LogP contribution in [0.3, 0.4) is 0 Å². The number of hydrogen-bond donors (Lipinski definition) is 1. The SMILES string of the molecule is COc1ccc(CNC2CC2c2ccccc2)c(C)c1C. The van der Waals surface area contributed by atoms with Crippen LogP contribution in [0.4, 0.5) is 0 Å². The lowest BCUT2D eigenvalue weighted by Gasteiger charge is -2.13. The van der Waals surface area contributed by atoms with Crippen LogP contribution in [0.25, 0.3) is 0 Å². The van der Waals surface area contributed by atoms with E-state index >= 15 is 0 Å². The van der Waals surface area contributed by atoms with Gasteiger partial charge in [0.1, 0.15) is 5.75 Å². The molecular weight excluding hydrogens is 258 g/mol. The number of ether oxygens (including phenoxy) is 1. The lowest BCUT2D eigenvalue weighted by atomic mass is 10.0. The van der Waals surface area contributed by atoms with E-state index in [0.29, 0.717) is 12.0 Å². The maximum Gasteiger partial charge on any atom is 0.122 e.